The number of hydrogen-bond donors (Lipinski definition) is 0. The molecule has 0 atom stereocenters. The van der Waals surface area contributed by atoms with Crippen LogP contribution in [0.4, 0.5) is 4.39 Å². The number of pyridine rings is 1. The second-order valence-electron chi connectivity index (χ2n) is 6.06. The maximum atomic E-state index is 13.2. The molecule has 0 bridgehead atoms. The van der Waals surface area contributed by atoms with E-state index in [1.54, 1.807) is 13.3 Å². The van der Waals surface area contributed by atoms with E-state index >= 15 is 0 Å². The van der Waals surface area contributed by atoms with Crippen molar-refractivity contribution >= 4 is 0 Å². The van der Waals surface area contributed by atoms with Gasteiger partial charge >= 0.3 is 0 Å². The maximum absolute atomic E-state index is 13.2. The van der Waals surface area contributed by atoms with Crippen molar-refractivity contribution < 1.29 is 13.9 Å². The van der Waals surface area contributed by atoms with Gasteiger partial charge in [-0.05, 0) is 36.6 Å². The molecule has 1 aliphatic rings. The minimum atomic E-state index is -0.203. The Labute approximate surface area is 142 Å². The SMILES string of the molecule is COc1ccnc(CN(Cc2ccc(F)cc2)C2CCOCC2)c1. The van der Waals surface area contributed by atoms with Gasteiger partial charge in [-0.25, -0.2) is 4.39 Å². The van der Waals surface area contributed by atoms with E-state index in [1.165, 1.54) is 12.1 Å². The van der Waals surface area contributed by atoms with E-state index in [2.05, 4.69) is 9.88 Å². The number of halogens is 1. The van der Waals surface area contributed by atoms with Crippen LogP contribution in [0, 0.1) is 5.82 Å². The van der Waals surface area contributed by atoms with Gasteiger partial charge in [-0.15, -0.1) is 0 Å². The molecule has 0 N–H and O–H groups in total. The lowest BCUT2D eigenvalue weighted by molar-refractivity contribution is 0.0272. The van der Waals surface area contributed by atoms with Crippen LogP contribution in [-0.4, -0.2) is 36.2 Å². The number of aromatic nitrogens is 1. The van der Waals surface area contributed by atoms with Crippen LogP contribution in [0.1, 0.15) is 24.1 Å². The molecule has 3 rings (SSSR count). The van der Waals surface area contributed by atoms with Crippen molar-refractivity contribution in [1.29, 1.82) is 0 Å². The summed E-state index contributed by atoms with van der Waals surface area (Å²) in [5, 5.41) is 0. The first kappa shape index (κ1) is 16.9. The first-order valence-electron chi connectivity index (χ1n) is 8.30. The molecule has 128 valence electrons. The lowest BCUT2D eigenvalue weighted by Crippen LogP contribution is -2.38. The highest BCUT2D eigenvalue weighted by Gasteiger charge is 2.22. The van der Waals surface area contributed by atoms with Gasteiger partial charge in [0.1, 0.15) is 11.6 Å². The van der Waals surface area contributed by atoms with Crippen LogP contribution in [0.2, 0.25) is 0 Å². The number of methoxy groups -OCH3 is 1. The van der Waals surface area contributed by atoms with Crippen molar-refractivity contribution in [2.75, 3.05) is 20.3 Å². The smallest absolute Gasteiger partial charge is 0.123 e. The summed E-state index contributed by atoms with van der Waals surface area (Å²) in [4.78, 5) is 6.87. The molecule has 2 aromatic rings. The number of ether oxygens (including phenoxy) is 2. The molecule has 1 fully saturated rings. The van der Waals surface area contributed by atoms with Crippen molar-refractivity contribution in [3.8, 4) is 5.75 Å². The third-order valence-corrected chi connectivity index (χ3v) is 4.39. The lowest BCUT2D eigenvalue weighted by atomic mass is 10.1. The molecular weight excluding hydrogens is 307 g/mol. The highest BCUT2D eigenvalue weighted by Crippen LogP contribution is 2.21. The molecular formula is C19H23FN2O2. The van der Waals surface area contributed by atoms with Crippen LogP contribution in [0.5, 0.6) is 5.75 Å². The normalized spacial score (nSPS) is 15.6. The van der Waals surface area contributed by atoms with Crippen LogP contribution in [0.15, 0.2) is 42.6 Å². The number of benzene rings is 1. The van der Waals surface area contributed by atoms with Crippen LogP contribution >= 0.6 is 0 Å². The molecule has 0 radical (unpaired) electrons. The summed E-state index contributed by atoms with van der Waals surface area (Å²) in [6.45, 7) is 3.08. The van der Waals surface area contributed by atoms with E-state index in [-0.39, 0.29) is 5.82 Å². The molecule has 5 heteroatoms. The van der Waals surface area contributed by atoms with Gasteiger partial charge < -0.3 is 9.47 Å². The first-order chi connectivity index (χ1) is 11.7. The zero-order valence-electron chi connectivity index (χ0n) is 14.0. The number of hydrogen-bond acceptors (Lipinski definition) is 4. The monoisotopic (exact) mass is 330 g/mol. The molecule has 1 aromatic carbocycles. The summed E-state index contributed by atoms with van der Waals surface area (Å²) in [6, 6.07) is 11.0. The topological polar surface area (TPSA) is 34.6 Å². The van der Waals surface area contributed by atoms with Gasteiger partial charge in [0.2, 0.25) is 0 Å². The molecule has 24 heavy (non-hydrogen) atoms. The highest BCUT2D eigenvalue weighted by atomic mass is 19.1. The third kappa shape index (κ3) is 4.52. The molecule has 1 saturated heterocycles. The second kappa shape index (κ2) is 8.22. The van der Waals surface area contributed by atoms with Gasteiger partial charge in [-0.2, -0.15) is 0 Å². The minimum Gasteiger partial charge on any atom is -0.497 e. The van der Waals surface area contributed by atoms with Crippen LogP contribution in [-0.2, 0) is 17.8 Å². The van der Waals surface area contributed by atoms with Crippen molar-refractivity contribution in [1.82, 2.24) is 9.88 Å². The summed E-state index contributed by atoms with van der Waals surface area (Å²) in [5.74, 6) is 0.611. The van der Waals surface area contributed by atoms with Crippen LogP contribution < -0.4 is 4.74 Å². The van der Waals surface area contributed by atoms with Crippen molar-refractivity contribution in [3.63, 3.8) is 0 Å². The van der Waals surface area contributed by atoms with E-state index in [4.69, 9.17) is 9.47 Å². The van der Waals surface area contributed by atoms with Crippen LogP contribution in [0.25, 0.3) is 0 Å². The Morgan fingerprint density at radius 1 is 1.17 bits per heavy atom. The zero-order valence-corrected chi connectivity index (χ0v) is 14.0. The van der Waals surface area contributed by atoms with Gasteiger partial charge in [0.05, 0.1) is 12.8 Å². The molecule has 1 aromatic heterocycles. The summed E-state index contributed by atoms with van der Waals surface area (Å²) in [6.07, 6.45) is 3.78. The van der Waals surface area contributed by atoms with Crippen molar-refractivity contribution in [2.45, 2.75) is 32.0 Å². The Hall–Kier alpha value is -1.98. The Balaban J connectivity index is 1.76. The van der Waals surface area contributed by atoms with Gasteiger partial charge in [0.25, 0.3) is 0 Å². The summed E-state index contributed by atoms with van der Waals surface area (Å²) in [5.41, 5.74) is 2.08. The second-order valence-corrected chi connectivity index (χ2v) is 6.06. The Morgan fingerprint density at radius 2 is 1.92 bits per heavy atom. The molecule has 0 spiro atoms. The zero-order chi connectivity index (χ0) is 16.8. The molecule has 0 amide bonds. The average Bonchev–Trinajstić information content (AvgIpc) is 2.64. The number of nitrogens with zero attached hydrogens (tertiary/aromatic N) is 2. The predicted molar refractivity (Wildman–Crippen MR) is 90.3 cm³/mol. The number of rotatable bonds is 6. The van der Waals surface area contributed by atoms with E-state index in [0.29, 0.717) is 6.04 Å². The molecule has 0 saturated carbocycles. The predicted octanol–water partition coefficient (Wildman–Crippen LogP) is 3.41. The quantitative estimate of drug-likeness (QED) is 0.813. The summed E-state index contributed by atoms with van der Waals surface area (Å²) >= 11 is 0. The molecule has 4 nitrogen and oxygen atoms in total. The Morgan fingerprint density at radius 3 is 2.62 bits per heavy atom. The third-order valence-electron chi connectivity index (χ3n) is 4.39. The standard InChI is InChI=1S/C19H23FN2O2/c1-23-19-6-9-21-17(12-19)14-22(18-7-10-24-11-8-18)13-15-2-4-16(20)5-3-15/h2-6,9,12,18H,7-8,10-11,13-14H2,1H3. The first-order valence-corrected chi connectivity index (χ1v) is 8.30. The van der Waals surface area contributed by atoms with E-state index in [1.807, 2.05) is 24.3 Å². The van der Waals surface area contributed by atoms with Crippen LogP contribution in [0.3, 0.4) is 0 Å². The van der Waals surface area contributed by atoms with Gasteiger partial charge in [0.15, 0.2) is 0 Å². The summed E-state index contributed by atoms with van der Waals surface area (Å²) in [7, 11) is 1.66. The highest BCUT2D eigenvalue weighted by molar-refractivity contribution is 5.23. The van der Waals surface area contributed by atoms with Gasteiger partial charge in [0, 0.05) is 44.6 Å². The summed E-state index contributed by atoms with van der Waals surface area (Å²) < 4.78 is 23.9. The lowest BCUT2D eigenvalue weighted by Gasteiger charge is -2.34. The minimum absolute atomic E-state index is 0.203. The van der Waals surface area contributed by atoms with Gasteiger partial charge in [-0.1, -0.05) is 12.1 Å². The van der Waals surface area contributed by atoms with E-state index in [0.717, 1.165) is 56.2 Å². The average molecular weight is 330 g/mol. The molecule has 0 unspecified atom stereocenters. The van der Waals surface area contributed by atoms with Gasteiger partial charge in [-0.3, -0.25) is 9.88 Å². The Bertz CT molecular complexity index is 642. The fraction of sp³-hybridized carbons (Fsp3) is 0.421. The fourth-order valence-corrected chi connectivity index (χ4v) is 3.07. The van der Waals surface area contributed by atoms with E-state index < -0.39 is 0 Å². The molecule has 0 aliphatic carbocycles. The van der Waals surface area contributed by atoms with Crippen molar-refractivity contribution in [2.24, 2.45) is 0 Å². The molecule has 2 heterocycles. The largest absolute Gasteiger partial charge is 0.497 e. The molecule has 1 aliphatic heterocycles. The maximum Gasteiger partial charge on any atom is 0.123 e. The Kier molecular flexibility index (Phi) is 5.77. The fourth-order valence-electron chi connectivity index (χ4n) is 3.07. The van der Waals surface area contributed by atoms with E-state index in [9.17, 15) is 4.39 Å². The van der Waals surface area contributed by atoms with Crippen molar-refractivity contribution in [3.05, 3.63) is 59.7 Å².